The molecule has 2 aromatic rings. The van der Waals surface area contributed by atoms with Crippen molar-refractivity contribution in [1.82, 2.24) is 25.1 Å². The second-order valence-corrected chi connectivity index (χ2v) is 7.81. The van der Waals surface area contributed by atoms with E-state index in [1.165, 1.54) is 24.5 Å². The number of sulfonamides is 1. The molecule has 1 unspecified atom stereocenters. The number of rotatable bonds is 4. The maximum absolute atomic E-state index is 11.8. The van der Waals surface area contributed by atoms with Crippen LogP contribution in [0.3, 0.4) is 0 Å². The molecule has 23 heavy (non-hydrogen) atoms. The van der Waals surface area contributed by atoms with Crippen LogP contribution in [0.5, 0.6) is 0 Å². The third-order valence-corrected chi connectivity index (χ3v) is 6.08. The van der Waals surface area contributed by atoms with Crippen LogP contribution in [0.15, 0.2) is 20.9 Å². The van der Waals surface area contributed by atoms with E-state index < -0.39 is 10.0 Å². The number of piperazine rings is 1. The quantitative estimate of drug-likeness (QED) is 0.806. The van der Waals surface area contributed by atoms with Crippen LogP contribution in [0.25, 0.3) is 10.8 Å². The molecule has 0 aromatic carbocycles. The van der Waals surface area contributed by atoms with E-state index in [2.05, 4.69) is 25.1 Å². The summed E-state index contributed by atoms with van der Waals surface area (Å²) in [5.41, 5.74) is 0. The van der Waals surface area contributed by atoms with E-state index in [9.17, 15) is 8.42 Å². The normalized spacial score (nSPS) is 19.5. The summed E-state index contributed by atoms with van der Waals surface area (Å²) < 4.78 is 31.1. The van der Waals surface area contributed by atoms with Crippen LogP contribution in [0.1, 0.15) is 11.9 Å². The number of hydrogen-bond donors (Lipinski definition) is 2. The van der Waals surface area contributed by atoms with Crippen molar-refractivity contribution >= 4 is 33.8 Å². The second kappa shape index (κ2) is 7.24. The SMILES string of the molecule is CNS(=O)(=O)c1csc(-c2nc(C3CNCCN3C)no2)c1.Cl. The minimum atomic E-state index is -3.46. The van der Waals surface area contributed by atoms with Gasteiger partial charge in [0.2, 0.25) is 10.0 Å². The summed E-state index contributed by atoms with van der Waals surface area (Å²) >= 11 is 1.26. The van der Waals surface area contributed by atoms with E-state index in [-0.39, 0.29) is 23.3 Å². The highest BCUT2D eigenvalue weighted by Crippen LogP contribution is 2.29. The van der Waals surface area contributed by atoms with E-state index >= 15 is 0 Å². The summed E-state index contributed by atoms with van der Waals surface area (Å²) in [6.45, 7) is 2.62. The van der Waals surface area contributed by atoms with Crippen LogP contribution < -0.4 is 10.0 Å². The average molecular weight is 380 g/mol. The summed E-state index contributed by atoms with van der Waals surface area (Å²) in [7, 11) is -0.0590. The zero-order valence-corrected chi connectivity index (χ0v) is 15.1. The Bertz CT molecular complexity index is 760. The first-order valence-corrected chi connectivity index (χ1v) is 9.14. The standard InChI is InChI=1S/C12H17N5O3S2.ClH/c1-13-22(18,19)8-5-10(21-7-8)12-15-11(16-20-12)9-6-14-3-4-17(9)2;/h5,7,9,13-14H,3-4,6H2,1-2H3;1H. The summed E-state index contributed by atoms with van der Waals surface area (Å²) in [6.07, 6.45) is 0. The maximum Gasteiger partial charge on any atom is 0.268 e. The van der Waals surface area contributed by atoms with Crippen LogP contribution >= 0.6 is 23.7 Å². The summed E-state index contributed by atoms with van der Waals surface area (Å²) in [6, 6.07) is 1.60. The van der Waals surface area contributed by atoms with Gasteiger partial charge < -0.3 is 9.84 Å². The molecule has 8 nitrogen and oxygen atoms in total. The van der Waals surface area contributed by atoms with Crippen LogP contribution in [-0.2, 0) is 10.0 Å². The summed E-state index contributed by atoms with van der Waals surface area (Å²) in [4.78, 5) is 7.41. The van der Waals surface area contributed by atoms with Crippen molar-refractivity contribution in [3.8, 4) is 10.8 Å². The lowest BCUT2D eigenvalue weighted by Crippen LogP contribution is -2.44. The predicted molar refractivity (Wildman–Crippen MR) is 89.3 cm³/mol. The van der Waals surface area contributed by atoms with Gasteiger partial charge in [-0.05, 0) is 20.2 Å². The molecule has 0 amide bonds. The largest absolute Gasteiger partial charge is 0.333 e. The zero-order chi connectivity index (χ0) is 15.7. The molecule has 0 spiro atoms. The molecular formula is C12H18ClN5O3S2. The summed E-state index contributed by atoms with van der Waals surface area (Å²) in [5, 5.41) is 8.88. The van der Waals surface area contributed by atoms with Crippen LogP contribution in [0.2, 0.25) is 0 Å². The summed E-state index contributed by atoms with van der Waals surface area (Å²) in [5.74, 6) is 0.952. The van der Waals surface area contributed by atoms with E-state index in [1.807, 2.05) is 7.05 Å². The van der Waals surface area contributed by atoms with E-state index in [4.69, 9.17) is 4.52 Å². The van der Waals surface area contributed by atoms with Gasteiger partial charge in [-0.25, -0.2) is 13.1 Å². The Kier molecular flexibility index (Phi) is 5.76. The lowest BCUT2D eigenvalue weighted by molar-refractivity contribution is 0.190. The van der Waals surface area contributed by atoms with Crippen LogP contribution in [0.4, 0.5) is 0 Å². The Morgan fingerprint density at radius 2 is 2.30 bits per heavy atom. The molecule has 0 aliphatic carbocycles. The molecule has 3 heterocycles. The highest BCUT2D eigenvalue weighted by Gasteiger charge is 2.26. The average Bonchev–Trinajstić information content (AvgIpc) is 3.17. The fourth-order valence-electron chi connectivity index (χ4n) is 2.25. The van der Waals surface area contributed by atoms with Crippen molar-refractivity contribution in [2.24, 2.45) is 0 Å². The second-order valence-electron chi connectivity index (χ2n) is 5.01. The minimum absolute atomic E-state index is 0. The van der Waals surface area contributed by atoms with Crippen molar-refractivity contribution in [3.63, 3.8) is 0 Å². The highest BCUT2D eigenvalue weighted by atomic mass is 35.5. The lowest BCUT2D eigenvalue weighted by Gasteiger charge is -2.30. The van der Waals surface area contributed by atoms with E-state index in [1.54, 1.807) is 5.38 Å². The molecule has 0 radical (unpaired) electrons. The molecule has 2 aromatic heterocycles. The third-order valence-electron chi connectivity index (χ3n) is 3.62. The molecule has 1 saturated heterocycles. The third kappa shape index (κ3) is 3.73. The van der Waals surface area contributed by atoms with Gasteiger partial charge in [0.1, 0.15) is 0 Å². The van der Waals surface area contributed by atoms with Gasteiger partial charge in [0.15, 0.2) is 5.82 Å². The topological polar surface area (TPSA) is 100 Å². The smallest absolute Gasteiger partial charge is 0.268 e. The first kappa shape index (κ1) is 18.3. The van der Waals surface area contributed by atoms with Gasteiger partial charge in [0, 0.05) is 25.0 Å². The Morgan fingerprint density at radius 1 is 1.52 bits per heavy atom. The van der Waals surface area contributed by atoms with Crippen molar-refractivity contribution in [2.75, 3.05) is 33.7 Å². The Balaban J connectivity index is 0.00000192. The monoisotopic (exact) mass is 379 g/mol. The molecule has 0 saturated carbocycles. The number of nitrogens with one attached hydrogen (secondary N) is 2. The van der Waals surface area contributed by atoms with Crippen molar-refractivity contribution in [1.29, 1.82) is 0 Å². The fourth-order valence-corrected chi connectivity index (χ4v) is 4.18. The first-order valence-electron chi connectivity index (χ1n) is 6.78. The Hall–Kier alpha value is -1.04. The van der Waals surface area contributed by atoms with Gasteiger partial charge in [-0.2, -0.15) is 4.98 Å². The molecular weight excluding hydrogens is 362 g/mol. The number of likely N-dealkylation sites (N-methyl/N-ethyl adjacent to an activating group) is 1. The minimum Gasteiger partial charge on any atom is -0.333 e. The predicted octanol–water partition coefficient (Wildman–Crippen LogP) is 0.704. The number of nitrogens with zero attached hydrogens (tertiary/aromatic N) is 3. The van der Waals surface area contributed by atoms with Crippen LogP contribution in [-0.4, -0.2) is 57.2 Å². The zero-order valence-electron chi connectivity index (χ0n) is 12.6. The Labute approximate surface area is 144 Å². The highest BCUT2D eigenvalue weighted by molar-refractivity contribution is 7.89. The maximum atomic E-state index is 11.8. The molecule has 1 fully saturated rings. The van der Waals surface area contributed by atoms with Gasteiger partial charge >= 0.3 is 0 Å². The van der Waals surface area contributed by atoms with Gasteiger partial charge in [0.25, 0.3) is 5.89 Å². The van der Waals surface area contributed by atoms with Gasteiger partial charge in [-0.1, -0.05) is 5.16 Å². The molecule has 0 bridgehead atoms. The van der Waals surface area contributed by atoms with E-state index in [0.29, 0.717) is 16.6 Å². The number of aromatic nitrogens is 2. The molecule has 3 rings (SSSR count). The number of hydrogen-bond acceptors (Lipinski definition) is 8. The fraction of sp³-hybridized carbons (Fsp3) is 0.500. The van der Waals surface area contributed by atoms with Crippen molar-refractivity contribution < 1.29 is 12.9 Å². The van der Waals surface area contributed by atoms with Gasteiger partial charge in [-0.3, -0.25) is 4.90 Å². The molecule has 1 aliphatic rings. The van der Waals surface area contributed by atoms with E-state index in [0.717, 1.165) is 19.6 Å². The lowest BCUT2D eigenvalue weighted by atomic mass is 10.2. The van der Waals surface area contributed by atoms with Gasteiger partial charge in [-0.15, -0.1) is 23.7 Å². The van der Waals surface area contributed by atoms with Crippen molar-refractivity contribution in [2.45, 2.75) is 10.9 Å². The molecule has 1 atom stereocenters. The molecule has 1 aliphatic heterocycles. The number of halogens is 1. The Morgan fingerprint density at radius 3 is 3.00 bits per heavy atom. The van der Waals surface area contributed by atoms with Crippen LogP contribution in [0, 0.1) is 0 Å². The van der Waals surface area contributed by atoms with Gasteiger partial charge in [0.05, 0.1) is 15.8 Å². The molecule has 128 valence electrons. The number of thiophene rings is 1. The first-order chi connectivity index (χ1) is 10.5. The molecule has 2 N–H and O–H groups in total. The molecule has 11 heteroatoms. The van der Waals surface area contributed by atoms with Crippen molar-refractivity contribution in [3.05, 3.63) is 17.3 Å².